The molecule has 3 atom stereocenters. The molecule has 3 N–H and O–H groups in total. The molecule has 0 saturated heterocycles. The Labute approximate surface area is 280 Å². The van der Waals surface area contributed by atoms with Gasteiger partial charge >= 0.3 is 6.03 Å². The molecule has 1 aliphatic rings. The van der Waals surface area contributed by atoms with E-state index in [2.05, 4.69) is 10.6 Å². The Bertz CT molecular complexity index is 1910. The third-order valence-electron chi connectivity index (χ3n) is 8.48. The SMILES string of the molecule is COc1ccc(S(=O)(=O)N(C)C[C@@H]2Oc3c(NC(=O)Nc4cccc5ccccc45)cccc3C(=O)N([C@@H](C)CO)C[C@H]2C)cc1OC. The van der Waals surface area contributed by atoms with Crippen LogP contribution in [0.1, 0.15) is 24.2 Å². The van der Waals surface area contributed by atoms with E-state index in [0.717, 1.165) is 10.8 Å². The van der Waals surface area contributed by atoms with Gasteiger partial charge in [0.25, 0.3) is 5.91 Å². The predicted octanol–water partition coefficient (Wildman–Crippen LogP) is 5.04. The maximum absolute atomic E-state index is 13.9. The van der Waals surface area contributed by atoms with Gasteiger partial charge in [-0.15, -0.1) is 0 Å². The molecule has 5 rings (SSSR count). The second kappa shape index (κ2) is 14.5. The Morgan fingerprint density at radius 3 is 2.40 bits per heavy atom. The minimum absolute atomic E-state index is 0.000262. The van der Waals surface area contributed by atoms with Crippen LogP contribution in [0.15, 0.2) is 83.8 Å². The van der Waals surface area contributed by atoms with Crippen LogP contribution >= 0.6 is 0 Å². The molecule has 4 aromatic carbocycles. The van der Waals surface area contributed by atoms with E-state index in [1.807, 2.05) is 43.3 Å². The molecule has 0 saturated carbocycles. The van der Waals surface area contributed by atoms with E-state index < -0.39 is 34.1 Å². The van der Waals surface area contributed by atoms with Crippen molar-refractivity contribution in [2.75, 3.05) is 51.6 Å². The van der Waals surface area contributed by atoms with Crippen LogP contribution < -0.4 is 24.8 Å². The average molecular weight is 677 g/mol. The number of aliphatic hydroxyl groups excluding tert-OH is 1. The van der Waals surface area contributed by atoms with E-state index in [1.165, 1.54) is 43.8 Å². The molecule has 0 aromatic heterocycles. The predicted molar refractivity (Wildman–Crippen MR) is 184 cm³/mol. The van der Waals surface area contributed by atoms with Crippen molar-refractivity contribution in [1.29, 1.82) is 0 Å². The van der Waals surface area contributed by atoms with Gasteiger partial charge in [0, 0.05) is 31.0 Å². The summed E-state index contributed by atoms with van der Waals surface area (Å²) in [4.78, 5) is 28.8. The van der Waals surface area contributed by atoms with Crippen LogP contribution in [0.25, 0.3) is 10.8 Å². The highest BCUT2D eigenvalue weighted by Crippen LogP contribution is 2.36. The van der Waals surface area contributed by atoms with Crippen LogP contribution in [0.4, 0.5) is 16.2 Å². The highest BCUT2D eigenvalue weighted by atomic mass is 32.2. The number of likely N-dealkylation sites (N-methyl/N-ethyl adjacent to an activating group) is 1. The fourth-order valence-electron chi connectivity index (χ4n) is 5.68. The van der Waals surface area contributed by atoms with Crippen molar-refractivity contribution >= 4 is 44.1 Å². The number of methoxy groups -OCH3 is 2. The van der Waals surface area contributed by atoms with Gasteiger partial charge in [-0.2, -0.15) is 4.31 Å². The van der Waals surface area contributed by atoms with Gasteiger partial charge in [0.1, 0.15) is 6.10 Å². The maximum atomic E-state index is 13.9. The lowest BCUT2D eigenvalue weighted by molar-refractivity contribution is 0.0389. The summed E-state index contributed by atoms with van der Waals surface area (Å²) in [5.74, 6) is -0.0294. The maximum Gasteiger partial charge on any atom is 0.323 e. The summed E-state index contributed by atoms with van der Waals surface area (Å²) in [5, 5.41) is 17.5. The number of anilines is 2. The Balaban J connectivity index is 1.48. The van der Waals surface area contributed by atoms with Gasteiger partial charge in [0.2, 0.25) is 10.0 Å². The summed E-state index contributed by atoms with van der Waals surface area (Å²) < 4.78 is 45.8. The number of para-hydroxylation sites is 1. The minimum Gasteiger partial charge on any atom is -0.493 e. The first-order valence-corrected chi connectivity index (χ1v) is 16.9. The number of amides is 3. The van der Waals surface area contributed by atoms with E-state index >= 15 is 0 Å². The number of nitrogens with one attached hydrogen (secondary N) is 2. The zero-order valence-electron chi connectivity index (χ0n) is 27.5. The van der Waals surface area contributed by atoms with E-state index in [0.29, 0.717) is 11.4 Å². The molecule has 1 heterocycles. The standard InChI is InChI=1S/C35H40N4O8S/c1-22-19-39(23(2)21-40)34(41)27-13-9-15-29(37-35(42)36-28-14-8-11-24-10-6-7-12-26(24)28)33(27)47-32(22)20-38(3)48(43,44)25-16-17-30(45-4)31(18-25)46-5/h6-18,22-23,32,40H,19-21H2,1-5H3,(H2,36,37,42)/t22-,23+,32+/m1/s1. The number of hydrogen-bond acceptors (Lipinski definition) is 8. The number of fused-ring (bicyclic) bond motifs is 2. The van der Waals surface area contributed by atoms with Gasteiger partial charge in [0.05, 0.1) is 55.2 Å². The lowest BCUT2D eigenvalue weighted by atomic mass is 9.99. The minimum atomic E-state index is -4.03. The van der Waals surface area contributed by atoms with E-state index in [-0.39, 0.29) is 53.2 Å². The number of carbonyl (C=O) groups is 2. The number of urea groups is 1. The first kappa shape index (κ1) is 34.5. The summed E-state index contributed by atoms with van der Waals surface area (Å²) in [5.41, 5.74) is 0.984. The van der Waals surface area contributed by atoms with Crippen molar-refractivity contribution in [1.82, 2.24) is 9.21 Å². The number of nitrogens with zero attached hydrogens (tertiary/aromatic N) is 2. The van der Waals surface area contributed by atoms with Crippen molar-refractivity contribution in [2.24, 2.45) is 5.92 Å². The molecule has 13 heteroatoms. The van der Waals surface area contributed by atoms with Gasteiger partial charge in [-0.3, -0.25) is 4.79 Å². The van der Waals surface area contributed by atoms with Crippen molar-refractivity contribution in [3.63, 3.8) is 0 Å². The summed E-state index contributed by atoms with van der Waals surface area (Å²) in [6.45, 7) is 3.39. The second-order valence-corrected chi connectivity index (χ2v) is 13.8. The Morgan fingerprint density at radius 2 is 1.67 bits per heavy atom. The molecule has 254 valence electrons. The molecular weight excluding hydrogens is 636 g/mol. The Kier molecular flexibility index (Phi) is 10.4. The molecule has 1 aliphatic heterocycles. The number of rotatable bonds is 10. The quantitative estimate of drug-likeness (QED) is 0.212. The number of benzene rings is 4. The Morgan fingerprint density at radius 1 is 1.00 bits per heavy atom. The van der Waals surface area contributed by atoms with Crippen molar-refractivity contribution in [3.05, 3.63) is 84.4 Å². The highest BCUT2D eigenvalue weighted by molar-refractivity contribution is 7.89. The first-order chi connectivity index (χ1) is 23.0. The smallest absolute Gasteiger partial charge is 0.323 e. The number of carbonyl (C=O) groups excluding carboxylic acids is 2. The summed E-state index contributed by atoms with van der Waals surface area (Å²) >= 11 is 0. The summed E-state index contributed by atoms with van der Waals surface area (Å²) in [6.07, 6.45) is -0.769. The summed E-state index contributed by atoms with van der Waals surface area (Å²) in [6, 6.07) is 21.3. The zero-order chi connectivity index (χ0) is 34.6. The average Bonchev–Trinajstić information content (AvgIpc) is 3.09. The van der Waals surface area contributed by atoms with Gasteiger partial charge in [0.15, 0.2) is 17.2 Å². The van der Waals surface area contributed by atoms with Crippen molar-refractivity contribution < 1.29 is 37.3 Å². The highest BCUT2D eigenvalue weighted by Gasteiger charge is 2.36. The van der Waals surface area contributed by atoms with E-state index in [1.54, 1.807) is 36.1 Å². The van der Waals surface area contributed by atoms with Crippen molar-refractivity contribution in [3.8, 4) is 17.2 Å². The molecule has 0 radical (unpaired) electrons. The van der Waals surface area contributed by atoms with Crippen molar-refractivity contribution in [2.45, 2.75) is 30.9 Å². The molecule has 0 spiro atoms. The third-order valence-corrected chi connectivity index (χ3v) is 10.3. The van der Waals surface area contributed by atoms with Gasteiger partial charge in [-0.1, -0.05) is 49.4 Å². The molecule has 0 unspecified atom stereocenters. The van der Waals surface area contributed by atoms with Crippen LogP contribution in [0, 0.1) is 5.92 Å². The molecular formula is C35H40N4O8S. The number of aliphatic hydroxyl groups is 1. The number of ether oxygens (including phenoxy) is 3. The monoisotopic (exact) mass is 676 g/mol. The molecule has 4 aromatic rings. The first-order valence-electron chi connectivity index (χ1n) is 15.4. The lowest BCUT2D eigenvalue weighted by Crippen LogP contribution is -2.50. The van der Waals surface area contributed by atoms with Gasteiger partial charge < -0.3 is 34.9 Å². The zero-order valence-corrected chi connectivity index (χ0v) is 28.3. The number of hydrogen-bond donors (Lipinski definition) is 3. The summed E-state index contributed by atoms with van der Waals surface area (Å²) in [7, 11) is 0.308. The van der Waals surface area contributed by atoms with Crippen LogP contribution in [-0.4, -0.2) is 87.8 Å². The fourth-order valence-corrected chi connectivity index (χ4v) is 6.88. The topological polar surface area (TPSA) is 147 Å². The van der Waals surface area contributed by atoms with Crippen LogP contribution in [0.3, 0.4) is 0 Å². The van der Waals surface area contributed by atoms with Crippen LogP contribution in [0.2, 0.25) is 0 Å². The molecule has 3 amide bonds. The van der Waals surface area contributed by atoms with Crippen LogP contribution in [-0.2, 0) is 10.0 Å². The van der Waals surface area contributed by atoms with Crippen LogP contribution in [0.5, 0.6) is 17.2 Å². The van der Waals surface area contributed by atoms with E-state index in [4.69, 9.17) is 14.2 Å². The largest absolute Gasteiger partial charge is 0.493 e. The molecule has 0 bridgehead atoms. The molecule has 0 fully saturated rings. The lowest BCUT2D eigenvalue weighted by Gasteiger charge is -2.38. The Hall–Kier alpha value is -4.85. The second-order valence-electron chi connectivity index (χ2n) is 11.7. The van der Waals surface area contributed by atoms with E-state index in [9.17, 15) is 23.1 Å². The molecule has 12 nitrogen and oxygen atoms in total. The van der Waals surface area contributed by atoms with Gasteiger partial charge in [-0.05, 0) is 42.6 Å². The molecule has 0 aliphatic carbocycles. The third kappa shape index (κ3) is 7.03. The fraction of sp³-hybridized carbons (Fsp3) is 0.314. The normalized spacial score (nSPS) is 17.1. The number of sulfonamides is 1. The van der Waals surface area contributed by atoms with Gasteiger partial charge in [-0.25, -0.2) is 13.2 Å². The molecule has 48 heavy (non-hydrogen) atoms.